The van der Waals surface area contributed by atoms with Crippen molar-refractivity contribution in [2.75, 3.05) is 0 Å². The Bertz CT molecular complexity index is 426. The molecule has 4 nitrogen and oxygen atoms in total. The fourth-order valence-corrected chi connectivity index (χ4v) is 1.43. The second-order valence-corrected chi connectivity index (χ2v) is 4.84. The molecule has 0 N–H and O–H groups in total. The Kier molecular flexibility index (Phi) is 5.63. The van der Waals surface area contributed by atoms with E-state index in [-0.39, 0.29) is 6.42 Å². The van der Waals surface area contributed by atoms with Gasteiger partial charge in [-0.2, -0.15) is 17.6 Å². The summed E-state index contributed by atoms with van der Waals surface area (Å²) in [5.41, 5.74) is 0. The molecule has 1 rings (SSSR count). The van der Waals surface area contributed by atoms with Crippen LogP contribution in [0.2, 0.25) is 0 Å². The molecule has 0 bridgehead atoms. The summed E-state index contributed by atoms with van der Waals surface area (Å²) in [7, 11) is 0. The fourth-order valence-electron chi connectivity index (χ4n) is 1.35. The number of rotatable bonds is 4. The number of hydrogen-bond donors (Lipinski definition) is 0. The topological polar surface area (TPSA) is 52.6 Å². The molecule has 0 spiro atoms. The lowest BCUT2D eigenvalue weighted by Gasteiger charge is -2.20. The van der Waals surface area contributed by atoms with Crippen molar-refractivity contribution in [3.8, 4) is 0 Å². The Morgan fingerprint density at radius 2 is 1.24 bits per heavy atom. The summed E-state index contributed by atoms with van der Waals surface area (Å²) in [6, 6.07) is 0. The minimum absolute atomic E-state index is 0.343. The number of allylic oxidation sites excluding steroid dienone is 2. The summed E-state index contributed by atoms with van der Waals surface area (Å²) >= 11 is 8.95. The van der Waals surface area contributed by atoms with Gasteiger partial charge < -0.3 is 9.47 Å². The summed E-state index contributed by atoms with van der Waals surface area (Å²) < 4.78 is 58.7. The van der Waals surface area contributed by atoms with E-state index in [1.807, 2.05) is 0 Å². The minimum Gasteiger partial charge on any atom is -0.453 e. The van der Waals surface area contributed by atoms with Crippen LogP contribution in [0.4, 0.5) is 17.6 Å². The second kappa shape index (κ2) is 6.65. The van der Waals surface area contributed by atoms with Crippen molar-refractivity contribution in [1.29, 1.82) is 0 Å². The molecule has 21 heavy (non-hydrogen) atoms. The van der Waals surface area contributed by atoms with E-state index in [0.29, 0.717) is 0 Å². The number of esters is 2. The highest BCUT2D eigenvalue weighted by molar-refractivity contribution is 6.31. The first-order valence-corrected chi connectivity index (χ1v) is 6.16. The summed E-state index contributed by atoms with van der Waals surface area (Å²) in [4.78, 5) is 21.9. The molecule has 10 heteroatoms. The van der Waals surface area contributed by atoms with E-state index in [1.54, 1.807) is 0 Å². The van der Waals surface area contributed by atoms with Crippen LogP contribution in [0.3, 0.4) is 0 Å². The molecule has 2 atom stereocenters. The molecule has 0 unspecified atom stereocenters. The summed E-state index contributed by atoms with van der Waals surface area (Å²) in [5, 5.41) is -8.44. The van der Waals surface area contributed by atoms with Crippen LogP contribution in [0.1, 0.15) is 6.42 Å². The third-order valence-corrected chi connectivity index (χ3v) is 2.52. The third-order valence-electron chi connectivity index (χ3n) is 2.21. The number of hydrogen-bond acceptors (Lipinski definition) is 4. The first-order valence-electron chi connectivity index (χ1n) is 5.40. The molecule has 1 aliphatic rings. The predicted molar refractivity (Wildman–Crippen MR) is 64.3 cm³/mol. The number of carbonyl (C=O) groups is 2. The standard InChI is InChI=1S/C11H8Cl2F4O4/c12-10(14,15)8(18)20-6-3-1-2-4-7(5-6)21-9(19)11(13,16)17/h1-4,6-7H,5H2/t6-,7+. The molecule has 0 amide bonds. The SMILES string of the molecule is O=C(O[C@@H]1C=CC=C[C@H](OC(=O)C(F)(F)Cl)C1)C(F)(F)Cl. The van der Waals surface area contributed by atoms with Crippen LogP contribution in [-0.4, -0.2) is 34.9 Å². The van der Waals surface area contributed by atoms with Gasteiger partial charge in [-0.15, -0.1) is 0 Å². The van der Waals surface area contributed by atoms with Crippen LogP contribution in [0.15, 0.2) is 24.3 Å². The average molecular weight is 351 g/mol. The normalized spacial score (nSPS) is 22.6. The van der Waals surface area contributed by atoms with Crippen LogP contribution >= 0.6 is 23.2 Å². The molecule has 1 aliphatic carbocycles. The second-order valence-electron chi connectivity index (χ2n) is 3.89. The number of alkyl halides is 6. The van der Waals surface area contributed by atoms with Gasteiger partial charge in [-0.1, -0.05) is 12.2 Å². The highest BCUT2D eigenvalue weighted by Crippen LogP contribution is 2.25. The Hall–Kier alpha value is -1.28. The molecule has 0 aromatic rings. The Labute approximate surface area is 126 Å². The average Bonchev–Trinajstić information content (AvgIpc) is 2.52. The zero-order valence-corrected chi connectivity index (χ0v) is 11.6. The van der Waals surface area contributed by atoms with Gasteiger partial charge in [0.2, 0.25) is 0 Å². The molecule has 0 saturated heterocycles. The minimum atomic E-state index is -4.22. The van der Waals surface area contributed by atoms with E-state index in [9.17, 15) is 27.2 Å². The van der Waals surface area contributed by atoms with E-state index in [2.05, 4.69) is 32.7 Å². The van der Waals surface area contributed by atoms with Crippen molar-refractivity contribution in [2.45, 2.75) is 29.4 Å². The molecule has 0 fully saturated rings. The smallest absolute Gasteiger partial charge is 0.417 e. The van der Waals surface area contributed by atoms with Gasteiger partial charge in [0.25, 0.3) is 0 Å². The Balaban J connectivity index is 2.67. The van der Waals surface area contributed by atoms with Crippen molar-refractivity contribution in [2.24, 2.45) is 0 Å². The van der Waals surface area contributed by atoms with E-state index in [0.717, 1.165) is 0 Å². The van der Waals surface area contributed by atoms with E-state index < -0.39 is 34.9 Å². The fraction of sp³-hybridized carbons (Fsp3) is 0.455. The Morgan fingerprint density at radius 3 is 1.52 bits per heavy atom. The van der Waals surface area contributed by atoms with Crippen LogP contribution < -0.4 is 0 Å². The van der Waals surface area contributed by atoms with Gasteiger partial charge >= 0.3 is 22.7 Å². The van der Waals surface area contributed by atoms with Crippen LogP contribution in [0.25, 0.3) is 0 Å². The molecule has 0 aliphatic heterocycles. The van der Waals surface area contributed by atoms with Gasteiger partial charge in [-0.25, -0.2) is 9.59 Å². The van der Waals surface area contributed by atoms with Crippen molar-refractivity contribution >= 4 is 35.1 Å². The molecule has 0 heterocycles. The van der Waals surface area contributed by atoms with E-state index >= 15 is 0 Å². The van der Waals surface area contributed by atoms with Gasteiger partial charge in [0.15, 0.2) is 0 Å². The van der Waals surface area contributed by atoms with Crippen LogP contribution in [0, 0.1) is 0 Å². The van der Waals surface area contributed by atoms with Crippen molar-refractivity contribution in [3.05, 3.63) is 24.3 Å². The summed E-state index contributed by atoms with van der Waals surface area (Å²) in [6.07, 6.45) is 2.18. The monoisotopic (exact) mass is 350 g/mol. The summed E-state index contributed by atoms with van der Waals surface area (Å²) in [5.74, 6) is -4.01. The number of halogens is 6. The molecule has 0 aromatic carbocycles. The van der Waals surface area contributed by atoms with Crippen LogP contribution in [0.5, 0.6) is 0 Å². The quantitative estimate of drug-likeness (QED) is 0.444. The highest BCUT2D eigenvalue weighted by Gasteiger charge is 2.41. The molecular weight excluding hydrogens is 343 g/mol. The molecule has 0 saturated carbocycles. The van der Waals surface area contributed by atoms with Gasteiger partial charge in [0, 0.05) is 6.42 Å². The number of carbonyl (C=O) groups excluding carboxylic acids is 2. The molecule has 0 radical (unpaired) electrons. The maximum atomic E-state index is 12.5. The Morgan fingerprint density at radius 1 is 0.905 bits per heavy atom. The molecular formula is C11H8Cl2F4O4. The van der Waals surface area contributed by atoms with Gasteiger partial charge in [-0.3, -0.25) is 0 Å². The molecule has 0 aromatic heterocycles. The highest BCUT2D eigenvalue weighted by atomic mass is 35.5. The first kappa shape index (κ1) is 17.8. The summed E-state index contributed by atoms with van der Waals surface area (Å²) in [6.45, 7) is 0. The predicted octanol–water partition coefficient (Wildman–Crippen LogP) is 2.99. The van der Waals surface area contributed by atoms with Crippen molar-refractivity contribution in [1.82, 2.24) is 0 Å². The van der Waals surface area contributed by atoms with E-state index in [4.69, 9.17) is 0 Å². The van der Waals surface area contributed by atoms with Gasteiger partial charge in [0.1, 0.15) is 12.2 Å². The molecule has 118 valence electrons. The zero-order valence-electron chi connectivity index (χ0n) is 10.1. The van der Waals surface area contributed by atoms with Gasteiger partial charge in [0.05, 0.1) is 0 Å². The third kappa shape index (κ3) is 5.92. The lowest BCUT2D eigenvalue weighted by atomic mass is 10.1. The van der Waals surface area contributed by atoms with Crippen molar-refractivity contribution < 1.29 is 36.6 Å². The largest absolute Gasteiger partial charge is 0.453 e. The van der Waals surface area contributed by atoms with E-state index in [1.165, 1.54) is 24.3 Å². The van der Waals surface area contributed by atoms with Crippen LogP contribution in [-0.2, 0) is 19.1 Å². The maximum absolute atomic E-state index is 12.5. The van der Waals surface area contributed by atoms with Gasteiger partial charge in [-0.05, 0) is 35.4 Å². The number of ether oxygens (including phenoxy) is 2. The maximum Gasteiger partial charge on any atom is 0.417 e. The lowest BCUT2D eigenvalue weighted by molar-refractivity contribution is -0.169. The lowest BCUT2D eigenvalue weighted by Crippen LogP contribution is -2.33. The first-order chi connectivity index (χ1) is 9.50. The zero-order chi connectivity index (χ0) is 16.3. The van der Waals surface area contributed by atoms with Crippen molar-refractivity contribution in [3.63, 3.8) is 0 Å².